The summed E-state index contributed by atoms with van der Waals surface area (Å²) in [5.41, 5.74) is 2.77. The number of amides is 2. The van der Waals surface area contributed by atoms with Gasteiger partial charge in [0, 0.05) is 40.7 Å². The Balaban J connectivity index is 1.37. The maximum atomic E-state index is 13.4. The van der Waals surface area contributed by atoms with E-state index in [9.17, 15) is 18.4 Å². The van der Waals surface area contributed by atoms with Crippen molar-refractivity contribution in [1.29, 1.82) is 0 Å². The average Bonchev–Trinajstić information content (AvgIpc) is 3.26. The molecule has 1 aliphatic rings. The third-order valence-electron chi connectivity index (χ3n) is 4.57. The number of halogens is 2. The van der Waals surface area contributed by atoms with E-state index in [1.165, 1.54) is 22.3 Å². The van der Waals surface area contributed by atoms with Crippen LogP contribution in [0.2, 0.25) is 0 Å². The van der Waals surface area contributed by atoms with E-state index >= 15 is 0 Å². The lowest BCUT2D eigenvalue weighted by molar-refractivity contribution is -0.116. The largest absolute Gasteiger partial charge is 0.308 e. The van der Waals surface area contributed by atoms with Crippen molar-refractivity contribution < 1.29 is 18.4 Å². The molecule has 3 aromatic rings. The molecule has 0 atom stereocenters. The molecule has 146 valence electrons. The number of hydrogen-bond acceptors (Lipinski definition) is 4. The van der Waals surface area contributed by atoms with Crippen LogP contribution >= 0.6 is 11.3 Å². The van der Waals surface area contributed by atoms with Crippen LogP contribution in [-0.2, 0) is 4.79 Å². The molecule has 1 aliphatic heterocycles. The molecule has 0 saturated heterocycles. The highest BCUT2D eigenvalue weighted by molar-refractivity contribution is 7.14. The molecular weight excluding hydrogens is 396 g/mol. The van der Waals surface area contributed by atoms with Gasteiger partial charge in [0.1, 0.15) is 0 Å². The first kappa shape index (κ1) is 18.9. The molecule has 1 aromatic heterocycles. The molecule has 29 heavy (non-hydrogen) atoms. The van der Waals surface area contributed by atoms with Crippen LogP contribution < -0.4 is 5.32 Å². The summed E-state index contributed by atoms with van der Waals surface area (Å²) in [5.74, 6) is -2.38. The van der Waals surface area contributed by atoms with Gasteiger partial charge in [0.25, 0.3) is 5.91 Å². The number of anilines is 1. The molecule has 2 aromatic carbocycles. The Morgan fingerprint density at radius 1 is 1.14 bits per heavy atom. The lowest BCUT2D eigenvalue weighted by atomic mass is 10.1. The van der Waals surface area contributed by atoms with Crippen LogP contribution in [0.1, 0.15) is 22.3 Å². The molecule has 2 amide bonds. The highest BCUT2D eigenvalue weighted by Crippen LogP contribution is 2.31. The van der Waals surface area contributed by atoms with E-state index < -0.39 is 11.6 Å². The number of rotatable bonds is 5. The summed E-state index contributed by atoms with van der Waals surface area (Å²) >= 11 is 1.17. The first-order valence-electron chi connectivity index (χ1n) is 8.75. The monoisotopic (exact) mass is 411 g/mol. The van der Waals surface area contributed by atoms with Crippen LogP contribution in [0.3, 0.4) is 0 Å². The van der Waals surface area contributed by atoms with Gasteiger partial charge in [0.2, 0.25) is 5.91 Å². The molecule has 0 aliphatic carbocycles. The summed E-state index contributed by atoms with van der Waals surface area (Å²) in [6, 6.07) is 10.7. The highest BCUT2D eigenvalue weighted by atomic mass is 32.1. The van der Waals surface area contributed by atoms with Crippen molar-refractivity contribution in [3.05, 3.63) is 77.2 Å². The Labute approximate surface area is 169 Å². The molecule has 0 fully saturated rings. The quantitative estimate of drug-likeness (QED) is 0.670. The second-order valence-corrected chi connectivity index (χ2v) is 7.27. The van der Waals surface area contributed by atoms with Gasteiger partial charge in [-0.1, -0.05) is 24.8 Å². The van der Waals surface area contributed by atoms with E-state index in [4.69, 9.17) is 0 Å². The number of thiazole rings is 1. The first-order chi connectivity index (χ1) is 13.9. The second kappa shape index (κ2) is 7.56. The fourth-order valence-electron chi connectivity index (χ4n) is 3.09. The minimum atomic E-state index is -0.961. The van der Waals surface area contributed by atoms with Gasteiger partial charge in [-0.25, -0.2) is 13.8 Å². The summed E-state index contributed by atoms with van der Waals surface area (Å²) in [6.45, 7) is 4.14. The van der Waals surface area contributed by atoms with Gasteiger partial charge in [-0.15, -0.1) is 11.3 Å². The number of nitrogens with one attached hydrogen (secondary N) is 1. The summed E-state index contributed by atoms with van der Waals surface area (Å²) in [6.07, 6.45) is 0.0683. The van der Waals surface area contributed by atoms with Crippen molar-refractivity contribution in [3.8, 4) is 11.3 Å². The molecular formula is C21H15F2N3O2S. The van der Waals surface area contributed by atoms with E-state index in [2.05, 4.69) is 16.9 Å². The van der Waals surface area contributed by atoms with E-state index in [-0.39, 0.29) is 24.8 Å². The van der Waals surface area contributed by atoms with Gasteiger partial charge < -0.3 is 10.2 Å². The summed E-state index contributed by atoms with van der Waals surface area (Å²) in [7, 11) is 0. The van der Waals surface area contributed by atoms with E-state index in [0.29, 0.717) is 27.6 Å². The van der Waals surface area contributed by atoms with E-state index in [1.807, 2.05) is 12.1 Å². The topological polar surface area (TPSA) is 62.3 Å². The number of carbonyl (C=O) groups is 2. The molecule has 2 heterocycles. The number of benzene rings is 2. The average molecular weight is 411 g/mol. The lowest BCUT2D eigenvalue weighted by Gasteiger charge is -2.16. The van der Waals surface area contributed by atoms with Crippen LogP contribution in [0.15, 0.2) is 54.4 Å². The van der Waals surface area contributed by atoms with Crippen LogP contribution in [0.25, 0.3) is 17.0 Å². The SMILES string of the molecule is C=C1c2ccccc2C(=O)N1CCC(=O)Nc1nc(-c2ccc(F)c(F)c2)cs1. The molecule has 0 radical (unpaired) electrons. The Hall–Kier alpha value is -3.39. The van der Waals surface area contributed by atoms with Crippen molar-refractivity contribution in [2.45, 2.75) is 6.42 Å². The van der Waals surface area contributed by atoms with Crippen LogP contribution in [-0.4, -0.2) is 28.2 Å². The van der Waals surface area contributed by atoms with Crippen LogP contribution in [0, 0.1) is 11.6 Å². The van der Waals surface area contributed by atoms with Gasteiger partial charge in [0.15, 0.2) is 16.8 Å². The molecule has 0 spiro atoms. The molecule has 5 nitrogen and oxygen atoms in total. The zero-order valence-electron chi connectivity index (χ0n) is 15.1. The van der Waals surface area contributed by atoms with E-state index in [0.717, 1.165) is 17.7 Å². The molecule has 0 saturated carbocycles. The molecule has 0 unspecified atom stereocenters. The molecule has 0 bridgehead atoms. The van der Waals surface area contributed by atoms with Gasteiger partial charge in [0.05, 0.1) is 5.69 Å². The lowest BCUT2D eigenvalue weighted by Crippen LogP contribution is -2.27. The summed E-state index contributed by atoms with van der Waals surface area (Å²) in [5, 5.41) is 4.65. The Morgan fingerprint density at radius 2 is 1.90 bits per heavy atom. The Morgan fingerprint density at radius 3 is 2.62 bits per heavy atom. The minimum Gasteiger partial charge on any atom is -0.308 e. The van der Waals surface area contributed by atoms with Crippen molar-refractivity contribution in [2.24, 2.45) is 0 Å². The van der Waals surface area contributed by atoms with Gasteiger partial charge >= 0.3 is 0 Å². The molecule has 8 heteroatoms. The predicted molar refractivity (Wildman–Crippen MR) is 107 cm³/mol. The van der Waals surface area contributed by atoms with Gasteiger partial charge in [-0.05, 0) is 24.3 Å². The number of carbonyl (C=O) groups excluding carboxylic acids is 2. The smallest absolute Gasteiger partial charge is 0.258 e. The van der Waals surface area contributed by atoms with Crippen molar-refractivity contribution in [3.63, 3.8) is 0 Å². The zero-order chi connectivity index (χ0) is 20.5. The normalized spacial score (nSPS) is 13.0. The Kier molecular flexibility index (Phi) is 4.94. The Bertz CT molecular complexity index is 1110. The van der Waals surface area contributed by atoms with Crippen LogP contribution in [0.4, 0.5) is 13.9 Å². The summed E-state index contributed by atoms with van der Waals surface area (Å²) in [4.78, 5) is 30.5. The third-order valence-corrected chi connectivity index (χ3v) is 5.33. The summed E-state index contributed by atoms with van der Waals surface area (Å²) < 4.78 is 26.4. The molecule has 4 rings (SSSR count). The predicted octanol–water partition coefficient (Wildman–Crippen LogP) is 4.54. The second-order valence-electron chi connectivity index (χ2n) is 6.41. The first-order valence-corrected chi connectivity index (χ1v) is 9.63. The maximum Gasteiger partial charge on any atom is 0.258 e. The standard InChI is InChI=1S/C21H15F2N3O2S/c1-12-14-4-2-3-5-15(14)20(28)26(12)9-8-19(27)25-21-24-18(11-29-21)13-6-7-16(22)17(23)10-13/h2-7,10-11H,1,8-9H2,(H,24,25,27). The maximum absolute atomic E-state index is 13.4. The third kappa shape index (κ3) is 3.66. The van der Waals surface area contributed by atoms with Gasteiger partial charge in [-0.3, -0.25) is 9.59 Å². The van der Waals surface area contributed by atoms with E-state index in [1.54, 1.807) is 17.5 Å². The van der Waals surface area contributed by atoms with Gasteiger partial charge in [-0.2, -0.15) is 0 Å². The fourth-order valence-corrected chi connectivity index (χ4v) is 3.82. The minimum absolute atomic E-state index is 0.0683. The number of nitrogens with zero attached hydrogens (tertiary/aromatic N) is 2. The van der Waals surface area contributed by atoms with Crippen LogP contribution in [0.5, 0.6) is 0 Å². The highest BCUT2D eigenvalue weighted by Gasteiger charge is 2.30. The number of hydrogen-bond donors (Lipinski definition) is 1. The number of fused-ring (bicyclic) bond motifs is 1. The zero-order valence-corrected chi connectivity index (χ0v) is 15.9. The number of aromatic nitrogens is 1. The van der Waals surface area contributed by atoms with Crippen molar-refractivity contribution in [1.82, 2.24) is 9.88 Å². The van der Waals surface area contributed by atoms with Crippen molar-refractivity contribution in [2.75, 3.05) is 11.9 Å². The van der Waals surface area contributed by atoms with Crippen molar-refractivity contribution >= 4 is 34.0 Å². The molecule has 1 N–H and O–H groups in total. The fraction of sp³-hybridized carbons (Fsp3) is 0.0952.